The highest BCUT2D eigenvalue weighted by molar-refractivity contribution is 5.80. The molecule has 0 saturated carbocycles. The Morgan fingerprint density at radius 3 is 2.47 bits per heavy atom. The molecule has 17 heavy (non-hydrogen) atoms. The van der Waals surface area contributed by atoms with Crippen molar-refractivity contribution in [1.82, 2.24) is 0 Å². The van der Waals surface area contributed by atoms with Crippen LogP contribution in [0.1, 0.15) is 31.7 Å². The number of Topliss-reactive ketones (excluding diaryl/α,β-unsaturated/α-hetero) is 1. The van der Waals surface area contributed by atoms with Crippen LogP contribution < -0.4 is 4.74 Å². The van der Waals surface area contributed by atoms with Gasteiger partial charge in [-0.25, -0.2) is 0 Å². The molecule has 0 atom stereocenters. The van der Waals surface area contributed by atoms with Crippen molar-refractivity contribution in [2.45, 2.75) is 32.6 Å². The van der Waals surface area contributed by atoms with Crippen LogP contribution in [0.5, 0.6) is 5.75 Å². The number of aryl methyl sites for hydroxylation is 1. The van der Waals surface area contributed by atoms with E-state index < -0.39 is 0 Å². The summed E-state index contributed by atoms with van der Waals surface area (Å²) in [6, 6.07) is 7.84. The molecule has 0 aliphatic rings. The minimum atomic E-state index is 0.271. The van der Waals surface area contributed by atoms with Gasteiger partial charge in [0.15, 0.2) is 0 Å². The van der Waals surface area contributed by atoms with Crippen LogP contribution in [-0.2, 0) is 11.2 Å². The first-order chi connectivity index (χ1) is 8.15. The predicted octanol–water partition coefficient (Wildman–Crippen LogP) is 3.55. The lowest BCUT2D eigenvalue weighted by molar-refractivity contribution is -0.118. The Morgan fingerprint density at radius 1 is 1.29 bits per heavy atom. The third kappa shape index (κ3) is 4.85. The highest BCUT2D eigenvalue weighted by Gasteiger charge is 2.04. The van der Waals surface area contributed by atoms with Crippen molar-refractivity contribution in [3.05, 3.63) is 42.0 Å². The zero-order chi connectivity index (χ0) is 12.7. The Bertz CT molecular complexity index is 376. The van der Waals surface area contributed by atoms with E-state index in [-0.39, 0.29) is 5.78 Å². The first-order valence-electron chi connectivity index (χ1n) is 5.97. The van der Waals surface area contributed by atoms with Crippen LogP contribution in [0, 0.1) is 0 Å². The molecule has 0 unspecified atom stereocenters. The number of methoxy groups -OCH3 is 1. The predicted molar refractivity (Wildman–Crippen MR) is 70.4 cm³/mol. The summed E-state index contributed by atoms with van der Waals surface area (Å²) < 4.78 is 5.08. The zero-order valence-corrected chi connectivity index (χ0v) is 10.7. The van der Waals surface area contributed by atoms with Gasteiger partial charge in [0.05, 0.1) is 7.11 Å². The normalized spacial score (nSPS) is 10.0. The summed E-state index contributed by atoms with van der Waals surface area (Å²) >= 11 is 0. The Balaban J connectivity index is 2.39. The molecule has 2 nitrogen and oxygen atoms in total. The maximum Gasteiger partial charge on any atom is 0.137 e. The second-order valence-corrected chi connectivity index (χ2v) is 4.17. The van der Waals surface area contributed by atoms with Crippen LogP contribution in [-0.4, -0.2) is 12.9 Å². The second-order valence-electron chi connectivity index (χ2n) is 4.17. The largest absolute Gasteiger partial charge is 0.497 e. The van der Waals surface area contributed by atoms with E-state index in [1.165, 1.54) is 5.56 Å². The molecule has 0 amide bonds. The summed E-state index contributed by atoms with van der Waals surface area (Å²) in [6.07, 6.45) is 2.78. The number of carbonyl (C=O) groups is 1. The number of rotatable bonds is 7. The molecule has 0 N–H and O–H groups in total. The molecule has 0 aliphatic heterocycles. The monoisotopic (exact) mass is 232 g/mol. The van der Waals surface area contributed by atoms with Crippen LogP contribution in [0.3, 0.4) is 0 Å². The third-order valence-electron chi connectivity index (χ3n) is 2.80. The van der Waals surface area contributed by atoms with Crippen molar-refractivity contribution in [2.24, 2.45) is 0 Å². The quantitative estimate of drug-likeness (QED) is 0.672. The first-order valence-corrected chi connectivity index (χ1v) is 5.97. The van der Waals surface area contributed by atoms with E-state index in [9.17, 15) is 4.79 Å². The lowest BCUT2D eigenvalue weighted by Gasteiger charge is -2.04. The van der Waals surface area contributed by atoms with Gasteiger partial charge < -0.3 is 4.74 Å². The fraction of sp³-hybridized carbons (Fsp3) is 0.400. The van der Waals surface area contributed by atoms with Gasteiger partial charge in [0.25, 0.3) is 0 Å². The molecule has 0 aliphatic carbocycles. The van der Waals surface area contributed by atoms with Crippen molar-refractivity contribution in [1.29, 1.82) is 0 Å². The summed E-state index contributed by atoms with van der Waals surface area (Å²) in [4.78, 5) is 11.6. The maximum absolute atomic E-state index is 11.6. The SMILES string of the molecule is C=C(CC)CC(=O)CCc1ccc(OC)cc1. The van der Waals surface area contributed by atoms with Crippen LogP contribution in [0.15, 0.2) is 36.4 Å². The van der Waals surface area contributed by atoms with Crippen LogP contribution in [0.25, 0.3) is 0 Å². The Hall–Kier alpha value is -1.57. The summed E-state index contributed by atoms with van der Waals surface area (Å²) in [6.45, 7) is 5.88. The van der Waals surface area contributed by atoms with Gasteiger partial charge in [-0.1, -0.05) is 31.2 Å². The molecule has 2 heteroatoms. The molecule has 0 spiro atoms. The van der Waals surface area contributed by atoms with Gasteiger partial charge in [0, 0.05) is 12.8 Å². The lowest BCUT2D eigenvalue weighted by Crippen LogP contribution is -2.01. The number of hydrogen-bond donors (Lipinski definition) is 0. The van der Waals surface area contributed by atoms with Gasteiger partial charge >= 0.3 is 0 Å². The highest BCUT2D eigenvalue weighted by Crippen LogP contribution is 2.14. The summed E-state index contributed by atoms with van der Waals surface area (Å²) in [5.74, 6) is 1.12. The Morgan fingerprint density at radius 2 is 1.94 bits per heavy atom. The zero-order valence-electron chi connectivity index (χ0n) is 10.7. The van der Waals surface area contributed by atoms with E-state index in [0.29, 0.717) is 12.8 Å². The first kappa shape index (κ1) is 13.5. The fourth-order valence-electron chi connectivity index (χ4n) is 1.57. The van der Waals surface area contributed by atoms with E-state index in [4.69, 9.17) is 4.74 Å². The van der Waals surface area contributed by atoms with E-state index in [1.807, 2.05) is 31.2 Å². The molecular weight excluding hydrogens is 212 g/mol. The number of carbonyl (C=O) groups excluding carboxylic acids is 1. The fourth-order valence-corrected chi connectivity index (χ4v) is 1.57. The molecule has 0 heterocycles. The van der Waals surface area contributed by atoms with E-state index in [2.05, 4.69) is 6.58 Å². The maximum atomic E-state index is 11.6. The second kappa shape index (κ2) is 6.89. The van der Waals surface area contributed by atoms with Crippen molar-refractivity contribution >= 4 is 5.78 Å². The summed E-state index contributed by atoms with van der Waals surface area (Å²) in [5, 5.41) is 0. The van der Waals surface area contributed by atoms with E-state index in [1.54, 1.807) is 7.11 Å². The summed E-state index contributed by atoms with van der Waals surface area (Å²) in [7, 11) is 1.65. The highest BCUT2D eigenvalue weighted by atomic mass is 16.5. The number of hydrogen-bond acceptors (Lipinski definition) is 2. The van der Waals surface area contributed by atoms with Gasteiger partial charge in [-0.2, -0.15) is 0 Å². The molecule has 1 aromatic carbocycles. The Kier molecular flexibility index (Phi) is 5.47. The number of ether oxygens (including phenoxy) is 1. The third-order valence-corrected chi connectivity index (χ3v) is 2.80. The van der Waals surface area contributed by atoms with Gasteiger partial charge in [-0.3, -0.25) is 4.79 Å². The average Bonchev–Trinajstić information content (AvgIpc) is 2.36. The molecule has 0 saturated heterocycles. The molecule has 0 fully saturated rings. The smallest absolute Gasteiger partial charge is 0.137 e. The summed E-state index contributed by atoms with van der Waals surface area (Å²) in [5.41, 5.74) is 2.19. The molecular formula is C15H20O2. The molecule has 0 radical (unpaired) electrons. The minimum Gasteiger partial charge on any atom is -0.497 e. The van der Waals surface area contributed by atoms with Gasteiger partial charge in [-0.05, 0) is 30.5 Å². The number of allylic oxidation sites excluding steroid dienone is 1. The number of ketones is 1. The van der Waals surface area contributed by atoms with Gasteiger partial charge in [-0.15, -0.1) is 0 Å². The van der Waals surface area contributed by atoms with Gasteiger partial charge in [0.1, 0.15) is 11.5 Å². The lowest BCUT2D eigenvalue weighted by atomic mass is 10.0. The topological polar surface area (TPSA) is 26.3 Å². The van der Waals surface area contributed by atoms with E-state index in [0.717, 1.165) is 24.2 Å². The standard InChI is InChI=1S/C15H20O2/c1-4-12(2)11-14(16)8-5-13-6-9-15(17-3)10-7-13/h6-7,9-10H,2,4-5,8,11H2,1,3H3. The van der Waals surface area contributed by atoms with Crippen molar-refractivity contribution < 1.29 is 9.53 Å². The van der Waals surface area contributed by atoms with Gasteiger partial charge in [0.2, 0.25) is 0 Å². The minimum absolute atomic E-state index is 0.271. The molecule has 1 aromatic rings. The van der Waals surface area contributed by atoms with Crippen molar-refractivity contribution in [3.63, 3.8) is 0 Å². The molecule has 1 rings (SSSR count). The molecule has 0 bridgehead atoms. The van der Waals surface area contributed by atoms with Crippen LogP contribution in [0.2, 0.25) is 0 Å². The van der Waals surface area contributed by atoms with Crippen molar-refractivity contribution in [3.8, 4) is 5.75 Å². The van der Waals surface area contributed by atoms with Crippen LogP contribution in [0.4, 0.5) is 0 Å². The van der Waals surface area contributed by atoms with Crippen LogP contribution >= 0.6 is 0 Å². The van der Waals surface area contributed by atoms with E-state index >= 15 is 0 Å². The number of benzene rings is 1. The van der Waals surface area contributed by atoms with Crippen molar-refractivity contribution in [2.75, 3.05) is 7.11 Å². The Labute approximate surface area is 103 Å². The molecule has 0 aromatic heterocycles. The average molecular weight is 232 g/mol. The molecule has 92 valence electrons.